The first-order chi connectivity index (χ1) is 19.5. The number of benzene rings is 1. The third-order valence-electron chi connectivity index (χ3n) is 7.60. The standard InChI is InChI=1S/C27H37BF2N4O7S/c1-26(2,33-13-11-27(29,30)18-33)15-20(16-31)24(35)34-12-5-4-6-21(34)17-41-25(36)32-23(28(37)38)14-19-7-9-22(10-8-19)42(3,39)40/h7-10,15,21,23,37-38H,4-6,11-14,17-18H2,1-3H3,(H,32,36)/b20-15+/t21-,23+/m1/s1. The van der Waals surface area contributed by atoms with Crippen LogP contribution in [0.1, 0.15) is 45.1 Å². The third kappa shape index (κ3) is 8.97. The minimum Gasteiger partial charge on any atom is -0.447 e. The normalized spacial score (nSPS) is 20.5. The molecule has 1 aromatic carbocycles. The van der Waals surface area contributed by atoms with Crippen LogP contribution in [0, 0.1) is 11.3 Å². The van der Waals surface area contributed by atoms with E-state index >= 15 is 0 Å². The Kier molecular flexibility index (Phi) is 10.7. The molecule has 0 unspecified atom stereocenters. The number of carbonyl (C=O) groups excluding carboxylic acids is 2. The van der Waals surface area contributed by atoms with E-state index in [2.05, 4.69) is 5.32 Å². The van der Waals surface area contributed by atoms with Gasteiger partial charge in [0.1, 0.15) is 18.2 Å². The summed E-state index contributed by atoms with van der Waals surface area (Å²) in [4.78, 5) is 29.0. The van der Waals surface area contributed by atoms with E-state index in [1.54, 1.807) is 13.8 Å². The highest BCUT2D eigenvalue weighted by molar-refractivity contribution is 7.90. The number of carbonyl (C=O) groups is 2. The van der Waals surface area contributed by atoms with E-state index in [9.17, 15) is 42.1 Å². The van der Waals surface area contributed by atoms with E-state index in [1.165, 1.54) is 40.1 Å². The first-order valence-electron chi connectivity index (χ1n) is 13.7. The van der Waals surface area contributed by atoms with Gasteiger partial charge in [-0.15, -0.1) is 0 Å². The average molecular weight is 610 g/mol. The molecule has 1 aromatic rings. The van der Waals surface area contributed by atoms with Crippen LogP contribution in [0.4, 0.5) is 13.6 Å². The summed E-state index contributed by atoms with van der Waals surface area (Å²) in [5, 5.41) is 31.7. The maximum Gasteiger partial charge on any atom is 0.475 e. The van der Waals surface area contributed by atoms with Gasteiger partial charge in [-0.05, 0) is 63.3 Å². The maximum atomic E-state index is 13.8. The lowest BCUT2D eigenvalue weighted by molar-refractivity contribution is -0.131. The molecule has 0 radical (unpaired) electrons. The summed E-state index contributed by atoms with van der Waals surface area (Å²) in [5.74, 6) is -4.57. The first-order valence-corrected chi connectivity index (χ1v) is 15.6. The zero-order valence-corrected chi connectivity index (χ0v) is 24.7. The number of hydrogen-bond donors (Lipinski definition) is 3. The smallest absolute Gasteiger partial charge is 0.447 e. The average Bonchev–Trinajstić information content (AvgIpc) is 3.30. The van der Waals surface area contributed by atoms with Crippen molar-refractivity contribution in [1.29, 1.82) is 5.26 Å². The highest BCUT2D eigenvalue weighted by atomic mass is 32.2. The van der Waals surface area contributed by atoms with Gasteiger partial charge < -0.3 is 25.0 Å². The van der Waals surface area contributed by atoms with E-state index < -0.39 is 58.9 Å². The Hall–Kier alpha value is -3.06. The van der Waals surface area contributed by atoms with Gasteiger partial charge in [0.05, 0.1) is 23.4 Å². The second-order valence-electron chi connectivity index (χ2n) is 11.4. The fourth-order valence-corrected chi connectivity index (χ4v) is 5.76. The fourth-order valence-electron chi connectivity index (χ4n) is 5.13. The van der Waals surface area contributed by atoms with Crippen molar-refractivity contribution in [2.45, 2.75) is 74.3 Å². The molecule has 2 aliphatic heterocycles. The lowest BCUT2D eigenvalue weighted by Gasteiger charge is -2.36. The third-order valence-corrected chi connectivity index (χ3v) is 8.73. The van der Waals surface area contributed by atoms with Gasteiger partial charge in [0, 0.05) is 31.3 Å². The summed E-state index contributed by atoms with van der Waals surface area (Å²) in [6, 6.07) is 7.12. The van der Waals surface area contributed by atoms with Crippen molar-refractivity contribution in [3.05, 3.63) is 41.5 Å². The molecule has 0 saturated carbocycles. The molecule has 42 heavy (non-hydrogen) atoms. The molecule has 2 aliphatic rings. The number of ether oxygens (including phenoxy) is 1. The first kappa shape index (κ1) is 33.4. The van der Waals surface area contributed by atoms with Crippen LogP contribution in [-0.2, 0) is 25.8 Å². The largest absolute Gasteiger partial charge is 0.475 e. The monoisotopic (exact) mass is 610 g/mol. The van der Waals surface area contributed by atoms with Gasteiger partial charge in [-0.2, -0.15) is 5.26 Å². The Morgan fingerprint density at radius 1 is 1.26 bits per heavy atom. The van der Waals surface area contributed by atoms with Crippen molar-refractivity contribution >= 4 is 29.0 Å². The van der Waals surface area contributed by atoms with Crippen molar-refractivity contribution in [3.8, 4) is 6.07 Å². The van der Waals surface area contributed by atoms with Crippen LogP contribution in [0.3, 0.4) is 0 Å². The number of piperidine rings is 1. The summed E-state index contributed by atoms with van der Waals surface area (Å²) in [6.45, 7) is 3.12. The molecule has 230 valence electrons. The predicted octanol–water partition coefficient (Wildman–Crippen LogP) is 1.69. The lowest BCUT2D eigenvalue weighted by Crippen LogP contribution is -2.50. The summed E-state index contributed by atoms with van der Waals surface area (Å²) >= 11 is 0. The fraction of sp³-hybridized carbons (Fsp3) is 0.593. The van der Waals surface area contributed by atoms with E-state index in [4.69, 9.17) is 4.74 Å². The van der Waals surface area contributed by atoms with Crippen LogP contribution in [0.25, 0.3) is 0 Å². The van der Waals surface area contributed by atoms with Crippen LogP contribution in [-0.4, -0.2) is 103 Å². The maximum absolute atomic E-state index is 13.8. The highest BCUT2D eigenvalue weighted by Gasteiger charge is 2.43. The Morgan fingerprint density at radius 3 is 2.48 bits per heavy atom. The van der Waals surface area contributed by atoms with Crippen LogP contribution in [0.2, 0.25) is 0 Å². The number of halogens is 2. The number of likely N-dealkylation sites (tertiary alicyclic amines) is 2. The number of nitrogens with one attached hydrogen (secondary N) is 1. The quantitative estimate of drug-likeness (QED) is 0.204. The number of nitriles is 1. The molecule has 0 spiro atoms. The van der Waals surface area contributed by atoms with Crippen LogP contribution < -0.4 is 5.32 Å². The molecule has 3 rings (SSSR count). The summed E-state index contributed by atoms with van der Waals surface area (Å²) in [5.41, 5.74) is -0.605. The van der Waals surface area contributed by atoms with Gasteiger partial charge in [-0.25, -0.2) is 22.0 Å². The van der Waals surface area contributed by atoms with E-state index in [0.29, 0.717) is 24.9 Å². The molecular weight excluding hydrogens is 573 g/mol. The molecule has 0 aliphatic carbocycles. The Morgan fingerprint density at radius 2 is 1.93 bits per heavy atom. The predicted molar refractivity (Wildman–Crippen MR) is 150 cm³/mol. The van der Waals surface area contributed by atoms with Crippen molar-refractivity contribution < 1.29 is 41.6 Å². The van der Waals surface area contributed by atoms with Gasteiger partial charge in [0.25, 0.3) is 11.8 Å². The van der Waals surface area contributed by atoms with Crippen molar-refractivity contribution in [2.24, 2.45) is 0 Å². The number of rotatable bonds is 10. The molecule has 2 saturated heterocycles. The van der Waals surface area contributed by atoms with Gasteiger partial charge in [-0.3, -0.25) is 9.69 Å². The molecule has 0 bridgehead atoms. The SMILES string of the molecule is CC(C)(/C=C(\C#N)C(=O)N1CCCC[C@@H]1COC(=O)N[C@@H](Cc1ccc(S(C)(=O)=O)cc1)B(O)O)N1CCC(F)(F)C1. The second kappa shape index (κ2) is 13.5. The minimum atomic E-state index is -3.40. The zero-order chi connectivity index (χ0) is 31.3. The molecule has 15 heteroatoms. The lowest BCUT2D eigenvalue weighted by atomic mass is 9.76. The van der Waals surface area contributed by atoms with Crippen LogP contribution in [0.5, 0.6) is 0 Å². The van der Waals surface area contributed by atoms with Crippen molar-refractivity contribution in [1.82, 2.24) is 15.1 Å². The molecule has 2 heterocycles. The van der Waals surface area contributed by atoms with Gasteiger partial charge in [-0.1, -0.05) is 12.1 Å². The number of alkyl carbamates (subject to hydrolysis) is 1. The Balaban J connectivity index is 1.63. The molecule has 0 aromatic heterocycles. The van der Waals surface area contributed by atoms with E-state index in [-0.39, 0.29) is 36.5 Å². The van der Waals surface area contributed by atoms with Crippen molar-refractivity contribution in [3.63, 3.8) is 0 Å². The Bertz CT molecular complexity index is 1320. The van der Waals surface area contributed by atoms with E-state index in [0.717, 1.165) is 12.7 Å². The second-order valence-corrected chi connectivity index (χ2v) is 13.4. The minimum absolute atomic E-state index is 0.0279. The van der Waals surface area contributed by atoms with Gasteiger partial charge in [0.15, 0.2) is 9.84 Å². The Labute approximate surface area is 245 Å². The number of sulfone groups is 1. The summed E-state index contributed by atoms with van der Waals surface area (Å²) in [7, 11) is -5.35. The van der Waals surface area contributed by atoms with Crippen molar-refractivity contribution in [2.75, 3.05) is 32.5 Å². The molecular formula is C27H37BF2N4O7S. The topological polar surface area (TPSA) is 160 Å². The molecule has 2 fully saturated rings. The highest BCUT2D eigenvalue weighted by Crippen LogP contribution is 2.33. The summed E-state index contributed by atoms with van der Waals surface area (Å²) < 4.78 is 56.2. The molecule has 11 nitrogen and oxygen atoms in total. The van der Waals surface area contributed by atoms with Gasteiger partial charge in [0.2, 0.25) is 0 Å². The number of amides is 2. The summed E-state index contributed by atoms with van der Waals surface area (Å²) in [6.07, 6.45) is 3.12. The van der Waals surface area contributed by atoms with Crippen LogP contribution >= 0.6 is 0 Å². The van der Waals surface area contributed by atoms with Crippen LogP contribution in [0.15, 0.2) is 40.8 Å². The van der Waals surface area contributed by atoms with Gasteiger partial charge >= 0.3 is 13.2 Å². The zero-order valence-electron chi connectivity index (χ0n) is 23.9. The molecule has 2 amide bonds. The molecule has 3 N–H and O–H groups in total. The number of nitrogens with zero attached hydrogens (tertiary/aromatic N) is 3. The number of alkyl halides is 2. The van der Waals surface area contributed by atoms with E-state index in [1.807, 2.05) is 6.07 Å². The number of hydrogen-bond acceptors (Lipinski definition) is 9. The molecule has 2 atom stereocenters.